The van der Waals surface area contributed by atoms with Gasteiger partial charge >= 0.3 is 6.03 Å². The van der Waals surface area contributed by atoms with Gasteiger partial charge in [-0.25, -0.2) is 14.2 Å². The van der Waals surface area contributed by atoms with Crippen LogP contribution in [-0.4, -0.2) is 39.4 Å². The maximum Gasteiger partial charge on any atom is 0.323 e. The van der Waals surface area contributed by atoms with Crippen molar-refractivity contribution in [2.45, 2.75) is 50.6 Å². The Morgan fingerprint density at radius 1 is 1.13 bits per heavy atom. The highest BCUT2D eigenvalue weighted by atomic mass is 35.5. The molecule has 8 nitrogen and oxygen atoms in total. The van der Waals surface area contributed by atoms with E-state index in [4.69, 9.17) is 17.3 Å². The molecule has 10 heteroatoms. The molecule has 4 N–H and O–H groups in total. The molecule has 1 saturated carbocycles. The lowest BCUT2D eigenvalue weighted by Gasteiger charge is -2.31. The van der Waals surface area contributed by atoms with Gasteiger partial charge in [-0.15, -0.1) is 0 Å². The number of hydrogen-bond donors (Lipinski definition) is 3. The first kappa shape index (κ1) is 27.0. The van der Waals surface area contributed by atoms with Gasteiger partial charge in [-0.05, 0) is 78.6 Å². The maximum atomic E-state index is 15.0. The largest absolute Gasteiger partial charge is 0.323 e. The van der Waals surface area contributed by atoms with Crippen LogP contribution in [0.15, 0.2) is 61.1 Å². The number of rotatable bonds is 8. The average molecular weight is 551 g/mol. The Hall–Kier alpha value is -3.56. The zero-order chi connectivity index (χ0) is 27.6. The lowest BCUT2D eigenvalue weighted by Crippen LogP contribution is -2.45. The van der Waals surface area contributed by atoms with Crippen molar-refractivity contribution in [1.29, 1.82) is 0 Å². The number of urea groups is 1. The van der Waals surface area contributed by atoms with Gasteiger partial charge in [0.25, 0.3) is 0 Å². The van der Waals surface area contributed by atoms with Crippen LogP contribution in [0.25, 0.3) is 0 Å². The summed E-state index contributed by atoms with van der Waals surface area (Å²) in [5.74, 6) is 0.0481. The molecule has 1 saturated heterocycles. The van der Waals surface area contributed by atoms with Crippen molar-refractivity contribution in [3.63, 3.8) is 0 Å². The fraction of sp³-hybridized carbons (Fsp3) is 0.379. The summed E-state index contributed by atoms with van der Waals surface area (Å²) in [4.78, 5) is 36.1. The molecule has 204 valence electrons. The SMILES string of the molecule is C[C@@H]1C[C@H](C(=O)Nc2cc(C(N)(CCC3CC3)c3ccncc3)ccc2F)N(C(=O)Nc2ccc(Cl)cn2)C1. The number of likely N-dealkylation sites (tertiary alicyclic amines) is 1. The minimum absolute atomic E-state index is 0.0343. The number of nitrogens with two attached hydrogens (primary N) is 1. The molecule has 3 amide bonds. The Morgan fingerprint density at radius 2 is 1.90 bits per heavy atom. The van der Waals surface area contributed by atoms with Crippen molar-refractivity contribution in [2.75, 3.05) is 17.2 Å². The summed E-state index contributed by atoms with van der Waals surface area (Å²) in [7, 11) is 0. The summed E-state index contributed by atoms with van der Waals surface area (Å²) in [5.41, 5.74) is 7.77. The number of nitrogens with zero attached hydrogens (tertiary/aromatic N) is 3. The first-order valence-electron chi connectivity index (χ1n) is 13.2. The van der Waals surface area contributed by atoms with Gasteiger partial charge in [0, 0.05) is 25.1 Å². The smallest absolute Gasteiger partial charge is 0.322 e. The Morgan fingerprint density at radius 3 is 2.59 bits per heavy atom. The number of nitrogens with one attached hydrogen (secondary N) is 2. The summed E-state index contributed by atoms with van der Waals surface area (Å²) in [6.45, 7) is 2.35. The van der Waals surface area contributed by atoms with E-state index < -0.39 is 29.3 Å². The Bertz CT molecular complexity index is 1340. The van der Waals surface area contributed by atoms with Gasteiger partial charge in [-0.1, -0.05) is 37.4 Å². The molecule has 1 unspecified atom stereocenters. The summed E-state index contributed by atoms with van der Waals surface area (Å²) >= 11 is 5.88. The van der Waals surface area contributed by atoms with E-state index in [2.05, 4.69) is 20.6 Å². The summed E-state index contributed by atoms with van der Waals surface area (Å²) in [5, 5.41) is 5.89. The highest BCUT2D eigenvalue weighted by Crippen LogP contribution is 2.40. The lowest BCUT2D eigenvalue weighted by molar-refractivity contribution is -0.119. The summed E-state index contributed by atoms with van der Waals surface area (Å²) in [6, 6.07) is 10.3. The molecule has 1 aliphatic carbocycles. The molecule has 1 aromatic carbocycles. The third kappa shape index (κ3) is 6.20. The number of aromatic nitrogens is 2. The predicted octanol–water partition coefficient (Wildman–Crippen LogP) is 5.54. The van der Waals surface area contributed by atoms with E-state index in [0.717, 1.165) is 12.0 Å². The van der Waals surface area contributed by atoms with E-state index in [1.807, 2.05) is 19.1 Å². The molecule has 5 rings (SSSR count). The average Bonchev–Trinajstić information content (AvgIpc) is 3.69. The van der Waals surface area contributed by atoms with Gasteiger partial charge in [0.15, 0.2) is 0 Å². The first-order chi connectivity index (χ1) is 18.7. The van der Waals surface area contributed by atoms with Gasteiger partial charge in [-0.3, -0.25) is 15.1 Å². The van der Waals surface area contributed by atoms with Crippen molar-refractivity contribution in [2.24, 2.45) is 17.6 Å². The minimum Gasteiger partial charge on any atom is -0.322 e. The summed E-state index contributed by atoms with van der Waals surface area (Å²) in [6.07, 6.45) is 9.33. The van der Waals surface area contributed by atoms with E-state index in [1.54, 1.807) is 36.7 Å². The number of amides is 3. The predicted molar refractivity (Wildman–Crippen MR) is 149 cm³/mol. The number of pyridine rings is 2. The number of halogens is 2. The Kier molecular flexibility index (Phi) is 7.81. The second-order valence-electron chi connectivity index (χ2n) is 10.7. The molecule has 2 aliphatic rings. The van der Waals surface area contributed by atoms with Crippen LogP contribution in [0.1, 0.15) is 50.2 Å². The second kappa shape index (κ2) is 11.3. The molecule has 0 spiro atoms. The standard InChI is InChI=1S/C29H32ClFN6O2/c1-18-14-25(37(17-18)28(39)36-26-7-5-22(30)16-34-26)27(38)35-24-15-21(4-6-23(24)31)29(32,11-8-19-2-3-19)20-9-12-33-13-10-20/h4-7,9-10,12-13,15-16,18-19,25H,2-3,8,11,14,17,32H2,1H3,(H,35,38)(H,34,36,39)/t18-,25-,29?/m1/s1. The molecule has 2 fully saturated rings. The van der Waals surface area contributed by atoms with Crippen LogP contribution in [0.2, 0.25) is 5.02 Å². The quantitative estimate of drug-likeness (QED) is 0.341. The van der Waals surface area contributed by atoms with Crippen molar-refractivity contribution in [1.82, 2.24) is 14.9 Å². The molecule has 1 aliphatic heterocycles. The van der Waals surface area contributed by atoms with Crippen LogP contribution >= 0.6 is 11.6 Å². The zero-order valence-corrected chi connectivity index (χ0v) is 22.5. The van der Waals surface area contributed by atoms with Crippen molar-refractivity contribution >= 4 is 35.0 Å². The van der Waals surface area contributed by atoms with Crippen molar-refractivity contribution in [3.8, 4) is 0 Å². The van der Waals surface area contributed by atoms with E-state index in [1.165, 1.54) is 30.0 Å². The number of carbonyl (C=O) groups is 2. The fourth-order valence-corrected chi connectivity index (χ4v) is 5.32. The number of hydrogen-bond acceptors (Lipinski definition) is 5. The normalized spacial score (nSPS) is 20.4. The number of anilines is 2. The molecular formula is C29H32ClFN6O2. The molecular weight excluding hydrogens is 519 g/mol. The third-order valence-corrected chi connectivity index (χ3v) is 7.84. The van der Waals surface area contributed by atoms with E-state index in [0.29, 0.717) is 41.7 Å². The van der Waals surface area contributed by atoms with Crippen LogP contribution in [-0.2, 0) is 10.3 Å². The highest BCUT2D eigenvalue weighted by Gasteiger charge is 2.39. The molecule has 39 heavy (non-hydrogen) atoms. The molecule has 3 aromatic rings. The van der Waals surface area contributed by atoms with E-state index in [-0.39, 0.29) is 11.6 Å². The minimum atomic E-state index is -0.863. The van der Waals surface area contributed by atoms with E-state index >= 15 is 4.39 Å². The zero-order valence-electron chi connectivity index (χ0n) is 21.7. The van der Waals surface area contributed by atoms with Gasteiger partial charge in [-0.2, -0.15) is 0 Å². The van der Waals surface area contributed by atoms with Crippen molar-refractivity contribution < 1.29 is 14.0 Å². The van der Waals surface area contributed by atoms with Crippen LogP contribution in [0.3, 0.4) is 0 Å². The topological polar surface area (TPSA) is 113 Å². The number of carbonyl (C=O) groups excluding carboxylic acids is 2. The molecule has 2 aromatic heterocycles. The maximum absolute atomic E-state index is 15.0. The molecule has 3 heterocycles. The lowest BCUT2D eigenvalue weighted by atomic mass is 9.79. The monoisotopic (exact) mass is 550 g/mol. The van der Waals surface area contributed by atoms with Gasteiger partial charge in [0.2, 0.25) is 5.91 Å². The Balaban J connectivity index is 1.36. The highest BCUT2D eigenvalue weighted by molar-refractivity contribution is 6.30. The van der Waals surface area contributed by atoms with Crippen molar-refractivity contribution in [3.05, 3.63) is 83.0 Å². The third-order valence-electron chi connectivity index (χ3n) is 7.61. The van der Waals surface area contributed by atoms with Crippen LogP contribution in [0, 0.1) is 17.7 Å². The van der Waals surface area contributed by atoms with Gasteiger partial charge < -0.3 is 16.0 Å². The second-order valence-corrected chi connectivity index (χ2v) is 11.1. The van der Waals surface area contributed by atoms with Gasteiger partial charge in [0.05, 0.1) is 16.2 Å². The fourth-order valence-electron chi connectivity index (χ4n) is 5.21. The molecule has 0 bridgehead atoms. The Labute approximate surface area is 232 Å². The van der Waals surface area contributed by atoms with Crippen LogP contribution < -0.4 is 16.4 Å². The number of benzene rings is 1. The molecule has 3 atom stereocenters. The van der Waals surface area contributed by atoms with Crippen LogP contribution in [0.4, 0.5) is 20.7 Å². The first-order valence-corrected chi connectivity index (χ1v) is 13.6. The summed E-state index contributed by atoms with van der Waals surface area (Å²) < 4.78 is 15.0. The van der Waals surface area contributed by atoms with E-state index in [9.17, 15) is 9.59 Å². The van der Waals surface area contributed by atoms with Gasteiger partial charge in [0.1, 0.15) is 17.7 Å². The molecule has 0 radical (unpaired) electrons. The van der Waals surface area contributed by atoms with Crippen LogP contribution in [0.5, 0.6) is 0 Å².